The molecule has 1 amide bonds. The summed E-state index contributed by atoms with van der Waals surface area (Å²) in [5.74, 6) is -0.0338. The second-order valence-electron chi connectivity index (χ2n) is 4.71. The van der Waals surface area contributed by atoms with Crippen molar-refractivity contribution >= 4 is 56.5 Å². The highest BCUT2D eigenvalue weighted by molar-refractivity contribution is 8.02. The van der Waals surface area contributed by atoms with Gasteiger partial charge in [0.1, 0.15) is 0 Å². The Kier molecular flexibility index (Phi) is 4.66. The Morgan fingerprint density at radius 3 is 2.82 bits per heavy atom. The zero-order valence-electron chi connectivity index (χ0n) is 11.7. The normalized spacial score (nSPS) is 12.3. The van der Waals surface area contributed by atoms with E-state index in [9.17, 15) is 4.79 Å². The minimum absolute atomic E-state index is 0.0338. The van der Waals surface area contributed by atoms with Gasteiger partial charge in [-0.15, -0.1) is 11.3 Å². The number of para-hydroxylation sites is 1. The summed E-state index contributed by atoms with van der Waals surface area (Å²) in [6.07, 6.45) is 0. The fourth-order valence-corrected chi connectivity index (χ4v) is 4.26. The van der Waals surface area contributed by atoms with Crippen LogP contribution in [0.4, 0.5) is 5.69 Å². The number of anilines is 1. The summed E-state index contributed by atoms with van der Waals surface area (Å²) in [5.41, 5.74) is 1.67. The fourth-order valence-electron chi connectivity index (χ4n) is 1.90. The van der Waals surface area contributed by atoms with E-state index in [0.717, 1.165) is 20.2 Å². The molecule has 112 valence electrons. The topological polar surface area (TPSA) is 42.0 Å². The Hall–Kier alpha value is -1.56. The SMILES string of the molecule is CC(Sc1nc2cc(Cl)ccc2s1)C(=O)Nc1ccccc1. The Morgan fingerprint density at radius 1 is 1.27 bits per heavy atom. The van der Waals surface area contributed by atoms with Gasteiger partial charge in [-0.1, -0.05) is 41.6 Å². The number of carbonyl (C=O) groups excluding carboxylic acids is 1. The molecule has 3 nitrogen and oxygen atoms in total. The van der Waals surface area contributed by atoms with Crippen molar-refractivity contribution < 1.29 is 4.79 Å². The number of halogens is 1. The van der Waals surface area contributed by atoms with E-state index < -0.39 is 0 Å². The molecule has 22 heavy (non-hydrogen) atoms. The molecule has 3 aromatic rings. The average molecular weight is 349 g/mol. The van der Waals surface area contributed by atoms with Crippen molar-refractivity contribution in [2.45, 2.75) is 16.5 Å². The van der Waals surface area contributed by atoms with Crippen LogP contribution in [0.15, 0.2) is 52.9 Å². The Labute approximate surface area is 141 Å². The minimum Gasteiger partial charge on any atom is -0.325 e. The monoisotopic (exact) mass is 348 g/mol. The van der Waals surface area contributed by atoms with Gasteiger partial charge in [0.15, 0.2) is 4.34 Å². The van der Waals surface area contributed by atoms with E-state index in [0.29, 0.717) is 5.02 Å². The van der Waals surface area contributed by atoms with Gasteiger partial charge in [-0.2, -0.15) is 0 Å². The summed E-state index contributed by atoms with van der Waals surface area (Å²) in [5, 5.41) is 3.35. The highest BCUT2D eigenvalue weighted by Crippen LogP contribution is 2.33. The lowest BCUT2D eigenvalue weighted by Gasteiger charge is -2.10. The molecule has 0 aliphatic carbocycles. The number of thiazole rings is 1. The van der Waals surface area contributed by atoms with E-state index in [1.807, 2.05) is 55.5 Å². The molecule has 0 aliphatic rings. The van der Waals surface area contributed by atoms with Crippen LogP contribution in [0.5, 0.6) is 0 Å². The van der Waals surface area contributed by atoms with E-state index in [4.69, 9.17) is 11.6 Å². The van der Waals surface area contributed by atoms with Crippen molar-refractivity contribution in [1.82, 2.24) is 4.98 Å². The second kappa shape index (κ2) is 6.69. The van der Waals surface area contributed by atoms with Crippen LogP contribution in [-0.2, 0) is 4.79 Å². The van der Waals surface area contributed by atoms with E-state index in [-0.39, 0.29) is 11.2 Å². The summed E-state index contributed by atoms with van der Waals surface area (Å²) < 4.78 is 1.94. The Balaban J connectivity index is 1.69. The summed E-state index contributed by atoms with van der Waals surface area (Å²) >= 11 is 8.99. The number of amides is 1. The van der Waals surface area contributed by atoms with Gasteiger partial charge in [0.05, 0.1) is 15.5 Å². The molecule has 0 fully saturated rings. The van der Waals surface area contributed by atoms with Gasteiger partial charge < -0.3 is 5.32 Å². The summed E-state index contributed by atoms with van der Waals surface area (Å²) in [6, 6.07) is 15.1. The van der Waals surface area contributed by atoms with Crippen LogP contribution in [0, 0.1) is 0 Å². The summed E-state index contributed by atoms with van der Waals surface area (Å²) in [6.45, 7) is 1.88. The van der Waals surface area contributed by atoms with Gasteiger partial charge in [0.25, 0.3) is 0 Å². The molecular formula is C16H13ClN2OS2. The highest BCUT2D eigenvalue weighted by Gasteiger charge is 2.17. The van der Waals surface area contributed by atoms with E-state index in [1.165, 1.54) is 11.8 Å². The molecule has 1 heterocycles. The quantitative estimate of drug-likeness (QED) is 0.669. The number of rotatable bonds is 4. The molecule has 0 saturated carbocycles. The van der Waals surface area contributed by atoms with Crippen LogP contribution in [0.3, 0.4) is 0 Å². The van der Waals surface area contributed by atoms with Crippen molar-refractivity contribution in [2.75, 3.05) is 5.32 Å². The Bertz CT molecular complexity index is 804. The lowest BCUT2D eigenvalue weighted by atomic mass is 10.3. The molecule has 2 aromatic carbocycles. The molecular weight excluding hydrogens is 336 g/mol. The molecule has 6 heteroatoms. The summed E-state index contributed by atoms with van der Waals surface area (Å²) in [7, 11) is 0. The molecule has 1 atom stereocenters. The fraction of sp³-hybridized carbons (Fsp3) is 0.125. The molecule has 1 unspecified atom stereocenters. The van der Waals surface area contributed by atoms with Gasteiger partial charge in [0.2, 0.25) is 5.91 Å². The predicted molar refractivity (Wildman–Crippen MR) is 95.0 cm³/mol. The van der Waals surface area contributed by atoms with Crippen LogP contribution >= 0.6 is 34.7 Å². The van der Waals surface area contributed by atoms with E-state index in [1.54, 1.807) is 11.3 Å². The number of aromatic nitrogens is 1. The smallest absolute Gasteiger partial charge is 0.237 e. The van der Waals surface area contributed by atoms with Crippen LogP contribution in [-0.4, -0.2) is 16.1 Å². The zero-order valence-corrected chi connectivity index (χ0v) is 14.1. The largest absolute Gasteiger partial charge is 0.325 e. The number of hydrogen-bond donors (Lipinski definition) is 1. The van der Waals surface area contributed by atoms with Crippen LogP contribution in [0.2, 0.25) is 5.02 Å². The Morgan fingerprint density at radius 2 is 2.05 bits per heavy atom. The van der Waals surface area contributed by atoms with E-state index >= 15 is 0 Å². The maximum absolute atomic E-state index is 12.2. The second-order valence-corrected chi connectivity index (χ2v) is 7.76. The first-order valence-corrected chi connectivity index (χ1v) is 8.78. The standard InChI is InChI=1S/C16H13ClN2OS2/c1-10(15(20)18-12-5-3-2-4-6-12)21-16-19-13-9-11(17)7-8-14(13)22-16/h2-10H,1H3,(H,18,20). The number of carbonyl (C=O) groups is 1. The maximum atomic E-state index is 12.2. The zero-order chi connectivity index (χ0) is 15.5. The number of nitrogens with one attached hydrogen (secondary N) is 1. The van der Waals surface area contributed by atoms with Gasteiger partial charge in [-0.05, 0) is 37.3 Å². The third kappa shape index (κ3) is 3.61. The minimum atomic E-state index is -0.226. The number of fused-ring (bicyclic) bond motifs is 1. The molecule has 1 N–H and O–H groups in total. The van der Waals surface area contributed by atoms with Crippen LogP contribution < -0.4 is 5.32 Å². The first kappa shape index (κ1) is 15.3. The molecule has 0 saturated heterocycles. The first-order valence-electron chi connectivity index (χ1n) is 6.70. The van der Waals surface area contributed by atoms with Crippen LogP contribution in [0.25, 0.3) is 10.2 Å². The van der Waals surface area contributed by atoms with Gasteiger partial charge in [-0.25, -0.2) is 4.98 Å². The van der Waals surface area contributed by atoms with Crippen LogP contribution in [0.1, 0.15) is 6.92 Å². The van der Waals surface area contributed by atoms with E-state index in [2.05, 4.69) is 10.3 Å². The molecule has 0 bridgehead atoms. The number of hydrogen-bond acceptors (Lipinski definition) is 4. The number of thioether (sulfide) groups is 1. The lowest BCUT2D eigenvalue weighted by molar-refractivity contribution is -0.115. The van der Waals surface area contributed by atoms with Gasteiger partial charge in [0, 0.05) is 10.7 Å². The van der Waals surface area contributed by atoms with Crippen molar-refractivity contribution in [2.24, 2.45) is 0 Å². The van der Waals surface area contributed by atoms with Crippen molar-refractivity contribution in [1.29, 1.82) is 0 Å². The molecule has 0 radical (unpaired) electrons. The summed E-state index contributed by atoms with van der Waals surface area (Å²) in [4.78, 5) is 16.7. The third-order valence-corrected chi connectivity index (χ3v) is 5.48. The number of benzene rings is 2. The van der Waals surface area contributed by atoms with Gasteiger partial charge in [-0.3, -0.25) is 4.79 Å². The van der Waals surface area contributed by atoms with Crippen molar-refractivity contribution in [3.8, 4) is 0 Å². The third-order valence-electron chi connectivity index (χ3n) is 3.02. The van der Waals surface area contributed by atoms with Crippen molar-refractivity contribution in [3.05, 3.63) is 53.6 Å². The highest BCUT2D eigenvalue weighted by atomic mass is 35.5. The molecule has 3 rings (SSSR count). The first-order chi connectivity index (χ1) is 10.6. The molecule has 0 aliphatic heterocycles. The number of nitrogens with zero attached hydrogens (tertiary/aromatic N) is 1. The van der Waals surface area contributed by atoms with Crippen molar-refractivity contribution in [3.63, 3.8) is 0 Å². The predicted octanol–water partition coefficient (Wildman–Crippen LogP) is 5.07. The lowest BCUT2D eigenvalue weighted by Crippen LogP contribution is -2.22. The van der Waals surface area contributed by atoms with Gasteiger partial charge >= 0.3 is 0 Å². The maximum Gasteiger partial charge on any atom is 0.237 e. The molecule has 0 spiro atoms. The molecule has 1 aromatic heterocycles. The average Bonchev–Trinajstić information content (AvgIpc) is 2.89.